The molecule has 4 rings (SSSR count). The summed E-state index contributed by atoms with van der Waals surface area (Å²) in [5.74, 6) is 0.793. The summed E-state index contributed by atoms with van der Waals surface area (Å²) in [6.07, 6.45) is 1.51. The van der Waals surface area contributed by atoms with Crippen LogP contribution in [0, 0.1) is 0 Å². The Kier molecular flexibility index (Phi) is 6.78. The van der Waals surface area contributed by atoms with Crippen LogP contribution < -0.4 is 14.9 Å². The Bertz CT molecular complexity index is 1270. The zero-order valence-corrected chi connectivity index (χ0v) is 19.3. The van der Waals surface area contributed by atoms with Crippen LogP contribution in [0.2, 0.25) is 5.02 Å². The van der Waals surface area contributed by atoms with E-state index in [1.165, 1.54) is 6.21 Å². The van der Waals surface area contributed by atoms with Gasteiger partial charge in [0.2, 0.25) is 0 Å². The summed E-state index contributed by atoms with van der Waals surface area (Å²) in [5.41, 5.74) is 4.67. The number of amides is 1. The first kappa shape index (κ1) is 21.9. The Morgan fingerprint density at radius 2 is 1.94 bits per heavy atom. The van der Waals surface area contributed by atoms with E-state index >= 15 is 0 Å². The molecule has 0 saturated heterocycles. The van der Waals surface area contributed by atoms with Crippen molar-refractivity contribution in [2.24, 2.45) is 5.10 Å². The standard InChI is InChI=1S/C24H18BrClN2O4/c1-30-21-11-15(10-18(25)23(21)31-14-17-7-2-4-8-19(17)26)13-27-28-24(29)22-12-16-6-3-5-9-20(16)32-22/h2-13H,14H2,1H3,(H,28,29)/b27-13-. The highest BCUT2D eigenvalue weighted by Gasteiger charge is 2.13. The van der Waals surface area contributed by atoms with Crippen molar-refractivity contribution >= 4 is 50.6 Å². The fourth-order valence-corrected chi connectivity index (χ4v) is 3.80. The molecule has 1 amide bonds. The van der Waals surface area contributed by atoms with Crippen LogP contribution in [-0.2, 0) is 6.61 Å². The van der Waals surface area contributed by atoms with Crippen molar-refractivity contribution < 1.29 is 18.7 Å². The quantitative estimate of drug-likeness (QED) is 0.236. The third-order valence-corrected chi connectivity index (χ3v) is 5.57. The first-order valence-corrected chi connectivity index (χ1v) is 10.8. The number of halogens is 2. The summed E-state index contributed by atoms with van der Waals surface area (Å²) in [5, 5.41) is 5.50. The zero-order valence-electron chi connectivity index (χ0n) is 17.0. The summed E-state index contributed by atoms with van der Waals surface area (Å²) >= 11 is 9.70. The molecular formula is C24H18BrClN2O4. The molecule has 0 fully saturated rings. The minimum atomic E-state index is -0.442. The summed E-state index contributed by atoms with van der Waals surface area (Å²) in [4.78, 5) is 12.3. The average molecular weight is 514 g/mol. The van der Waals surface area contributed by atoms with Crippen molar-refractivity contribution in [2.75, 3.05) is 7.11 Å². The maximum absolute atomic E-state index is 12.3. The lowest BCUT2D eigenvalue weighted by Crippen LogP contribution is -2.16. The smallest absolute Gasteiger partial charge is 0.307 e. The number of fused-ring (bicyclic) bond motifs is 1. The zero-order chi connectivity index (χ0) is 22.5. The number of rotatable bonds is 7. The first-order chi connectivity index (χ1) is 15.5. The maximum atomic E-state index is 12.3. The van der Waals surface area contributed by atoms with Gasteiger partial charge in [0.05, 0.1) is 17.8 Å². The first-order valence-electron chi connectivity index (χ1n) is 9.61. The van der Waals surface area contributed by atoms with Gasteiger partial charge in [0.1, 0.15) is 12.2 Å². The van der Waals surface area contributed by atoms with Crippen molar-refractivity contribution in [1.82, 2.24) is 5.43 Å². The fourth-order valence-electron chi connectivity index (χ4n) is 3.03. The second kappa shape index (κ2) is 9.89. The highest BCUT2D eigenvalue weighted by Crippen LogP contribution is 2.37. The molecule has 0 radical (unpaired) electrons. The van der Waals surface area contributed by atoms with Gasteiger partial charge < -0.3 is 13.9 Å². The molecular weight excluding hydrogens is 496 g/mol. The third-order valence-electron chi connectivity index (χ3n) is 4.61. The molecule has 4 aromatic rings. The van der Waals surface area contributed by atoms with Crippen LogP contribution in [0.3, 0.4) is 0 Å². The van der Waals surface area contributed by atoms with Gasteiger partial charge in [-0.25, -0.2) is 5.43 Å². The Labute approximate surface area is 197 Å². The highest BCUT2D eigenvalue weighted by atomic mass is 79.9. The molecule has 0 saturated carbocycles. The SMILES string of the molecule is COc1cc(/C=N\NC(=O)c2cc3ccccc3o2)cc(Br)c1OCc1ccccc1Cl. The predicted molar refractivity (Wildman–Crippen MR) is 128 cm³/mol. The van der Waals surface area contributed by atoms with Gasteiger partial charge in [0, 0.05) is 16.0 Å². The number of benzene rings is 3. The summed E-state index contributed by atoms with van der Waals surface area (Å²) in [6, 6.07) is 20.1. The topological polar surface area (TPSA) is 73.1 Å². The number of ether oxygens (including phenoxy) is 2. The predicted octanol–water partition coefficient (Wildman–Crippen LogP) is 6.20. The molecule has 3 aromatic carbocycles. The molecule has 6 nitrogen and oxygen atoms in total. The van der Waals surface area contributed by atoms with Gasteiger partial charge >= 0.3 is 5.91 Å². The van der Waals surface area contributed by atoms with Crippen molar-refractivity contribution in [3.05, 3.63) is 93.1 Å². The summed E-state index contributed by atoms with van der Waals surface area (Å²) in [7, 11) is 1.55. The molecule has 0 atom stereocenters. The van der Waals surface area contributed by atoms with Gasteiger partial charge in [-0.2, -0.15) is 5.10 Å². The van der Waals surface area contributed by atoms with Crippen LogP contribution in [0.25, 0.3) is 11.0 Å². The number of hydrogen-bond acceptors (Lipinski definition) is 5. The molecule has 0 bridgehead atoms. The lowest BCUT2D eigenvalue weighted by Gasteiger charge is -2.14. The number of nitrogens with zero attached hydrogens (tertiary/aromatic N) is 1. The second-order valence-electron chi connectivity index (χ2n) is 6.76. The molecule has 1 heterocycles. The number of carbonyl (C=O) groups excluding carboxylic acids is 1. The van der Waals surface area contributed by atoms with Crippen LogP contribution in [-0.4, -0.2) is 19.2 Å². The van der Waals surface area contributed by atoms with Crippen molar-refractivity contribution in [1.29, 1.82) is 0 Å². The number of hydrazone groups is 1. The molecule has 0 spiro atoms. The van der Waals surface area contributed by atoms with E-state index in [1.54, 1.807) is 31.4 Å². The normalized spacial score (nSPS) is 11.1. The van der Waals surface area contributed by atoms with E-state index in [1.807, 2.05) is 42.5 Å². The molecule has 1 N–H and O–H groups in total. The number of nitrogens with one attached hydrogen (secondary N) is 1. The van der Waals surface area contributed by atoms with Crippen LogP contribution in [0.1, 0.15) is 21.7 Å². The number of methoxy groups -OCH3 is 1. The van der Waals surface area contributed by atoms with E-state index in [-0.39, 0.29) is 12.4 Å². The van der Waals surface area contributed by atoms with Gasteiger partial charge in [0.15, 0.2) is 17.3 Å². The molecule has 0 aliphatic heterocycles. The lowest BCUT2D eigenvalue weighted by molar-refractivity contribution is 0.0929. The van der Waals surface area contributed by atoms with E-state index in [0.717, 1.165) is 10.9 Å². The molecule has 0 unspecified atom stereocenters. The number of furan rings is 1. The van der Waals surface area contributed by atoms with Crippen molar-refractivity contribution in [3.8, 4) is 11.5 Å². The summed E-state index contributed by atoms with van der Waals surface area (Å²) in [6.45, 7) is 0.287. The number of para-hydroxylation sites is 1. The van der Waals surface area contributed by atoms with Crippen molar-refractivity contribution in [3.63, 3.8) is 0 Å². The Morgan fingerprint density at radius 1 is 1.16 bits per heavy atom. The highest BCUT2D eigenvalue weighted by molar-refractivity contribution is 9.10. The van der Waals surface area contributed by atoms with E-state index in [4.69, 9.17) is 25.5 Å². The third kappa shape index (κ3) is 4.95. The molecule has 162 valence electrons. The van der Waals surface area contributed by atoms with Gasteiger partial charge in [-0.15, -0.1) is 0 Å². The van der Waals surface area contributed by atoms with Crippen molar-refractivity contribution in [2.45, 2.75) is 6.61 Å². The van der Waals surface area contributed by atoms with Gasteiger partial charge in [-0.05, 0) is 51.8 Å². The molecule has 0 aliphatic rings. The average Bonchev–Trinajstić information content (AvgIpc) is 3.23. The van der Waals surface area contributed by atoms with E-state index in [9.17, 15) is 4.79 Å². The number of hydrogen-bond donors (Lipinski definition) is 1. The van der Waals surface area contributed by atoms with Crippen LogP contribution >= 0.6 is 27.5 Å². The van der Waals surface area contributed by atoms with Crippen LogP contribution in [0.4, 0.5) is 0 Å². The van der Waals surface area contributed by atoms with Crippen LogP contribution in [0.5, 0.6) is 11.5 Å². The molecule has 0 aliphatic carbocycles. The Hall–Kier alpha value is -3.29. The van der Waals surface area contributed by atoms with E-state index in [0.29, 0.717) is 32.1 Å². The number of carbonyl (C=O) groups is 1. The van der Waals surface area contributed by atoms with E-state index in [2.05, 4.69) is 26.5 Å². The monoisotopic (exact) mass is 512 g/mol. The molecule has 1 aromatic heterocycles. The fraction of sp³-hybridized carbons (Fsp3) is 0.0833. The van der Waals surface area contributed by atoms with E-state index < -0.39 is 5.91 Å². The van der Waals surface area contributed by atoms with Crippen LogP contribution in [0.15, 0.2) is 80.7 Å². The molecule has 8 heteroatoms. The minimum absolute atomic E-state index is 0.186. The second-order valence-corrected chi connectivity index (χ2v) is 8.02. The Balaban J connectivity index is 1.45. The van der Waals surface area contributed by atoms with Gasteiger partial charge in [-0.3, -0.25) is 4.79 Å². The molecule has 32 heavy (non-hydrogen) atoms. The summed E-state index contributed by atoms with van der Waals surface area (Å²) < 4.78 is 17.6. The van der Waals surface area contributed by atoms with Gasteiger partial charge in [0.25, 0.3) is 0 Å². The minimum Gasteiger partial charge on any atom is -0.493 e. The largest absolute Gasteiger partial charge is 0.493 e. The Morgan fingerprint density at radius 3 is 2.72 bits per heavy atom. The lowest BCUT2D eigenvalue weighted by atomic mass is 10.2. The maximum Gasteiger partial charge on any atom is 0.307 e. The van der Waals surface area contributed by atoms with Gasteiger partial charge in [-0.1, -0.05) is 48.0 Å².